The SMILES string of the molecule is Fc1ccc(-c2cc(-c3cnccn3)no2)cc1F. The number of halogens is 2. The molecule has 0 saturated carbocycles. The molecule has 0 spiro atoms. The Hall–Kier alpha value is -2.63. The summed E-state index contributed by atoms with van der Waals surface area (Å²) in [6.07, 6.45) is 4.61. The van der Waals surface area contributed by atoms with Gasteiger partial charge in [-0.3, -0.25) is 9.97 Å². The molecule has 0 radical (unpaired) electrons. The fraction of sp³-hybridized carbons (Fsp3) is 0. The lowest BCUT2D eigenvalue weighted by molar-refractivity contribution is 0.434. The van der Waals surface area contributed by atoms with E-state index in [-0.39, 0.29) is 0 Å². The number of benzene rings is 1. The summed E-state index contributed by atoms with van der Waals surface area (Å²) in [4.78, 5) is 7.98. The Balaban J connectivity index is 1.99. The third-order valence-electron chi connectivity index (χ3n) is 2.54. The van der Waals surface area contributed by atoms with E-state index in [1.807, 2.05) is 0 Å². The molecule has 3 rings (SSSR count). The number of aromatic nitrogens is 3. The van der Waals surface area contributed by atoms with Crippen LogP contribution in [0.15, 0.2) is 47.4 Å². The summed E-state index contributed by atoms with van der Waals surface area (Å²) in [5.74, 6) is -1.51. The highest BCUT2D eigenvalue weighted by Gasteiger charge is 2.11. The molecule has 0 aliphatic carbocycles. The van der Waals surface area contributed by atoms with Gasteiger partial charge in [0.15, 0.2) is 17.4 Å². The first-order valence-electron chi connectivity index (χ1n) is 5.42. The molecule has 0 atom stereocenters. The van der Waals surface area contributed by atoms with Gasteiger partial charge in [0.05, 0.1) is 6.20 Å². The molecule has 0 saturated heterocycles. The van der Waals surface area contributed by atoms with Crippen LogP contribution in [0.2, 0.25) is 0 Å². The minimum Gasteiger partial charge on any atom is -0.356 e. The van der Waals surface area contributed by atoms with Gasteiger partial charge in [0.25, 0.3) is 0 Å². The molecule has 0 unspecified atom stereocenters. The second-order valence-electron chi connectivity index (χ2n) is 3.80. The van der Waals surface area contributed by atoms with Crippen molar-refractivity contribution in [2.45, 2.75) is 0 Å². The maximum atomic E-state index is 13.1. The van der Waals surface area contributed by atoms with E-state index in [0.29, 0.717) is 22.7 Å². The predicted molar refractivity (Wildman–Crippen MR) is 62.9 cm³/mol. The molecular formula is C13H7F2N3O. The number of rotatable bonds is 2. The lowest BCUT2D eigenvalue weighted by Crippen LogP contribution is -1.84. The van der Waals surface area contributed by atoms with Crippen molar-refractivity contribution < 1.29 is 13.3 Å². The summed E-state index contributed by atoms with van der Waals surface area (Å²) in [5, 5.41) is 3.82. The van der Waals surface area contributed by atoms with Crippen molar-refractivity contribution in [3.8, 4) is 22.7 Å². The van der Waals surface area contributed by atoms with Gasteiger partial charge >= 0.3 is 0 Å². The number of hydrogen-bond donors (Lipinski definition) is 0. The van der Waals surface area contributed by atoms with Crippen molar-refractivity contribution in [3.63, 3.8) is 0 Å². The standard InChI is InChI=1S/C13H7F2N3O/c14-9-2-1-8(5-10(9)15)13-6-11(18-19-13)12-7-16-3-4-17-12/h1-7H. The normalized spacial score (nSPS) is 10.6. The monoisotopic (exact) mass is 259 g/mol. The largest absolute Gasteiger partial charge is 0.356 e. The van der Waals surface area contributed by atoms with Crippen LogP contribution in [-0.2, 0) is 0 Å². The average Bonchev–Trinajstić information content (AvgIpc) is 2.93. The minimum atomic E-state index is -0.935. The molecule has 0 amide bonds. The van der Waals surface area contributed by atoms with Crippen LogP contribution in [0.1, 0.15) is 0 Å². The molecule has 2 aromatic heterocycles. The Morgan fingerprint density at radius 3 is 2.58 bits per heavy atom. The molecule has 3 aromatic rings. The molecule has 1 aromatic carbocycles. The fourth-order valence-corrected chi connectivity index (χ4v) is 1.61. The van der Waals surface area contributed by atoms with Gasteiger partial charge in [0.2, 0.25) is 0 Å². The van der Waals surface area contributed by atoms with E-state index < -0.39 is 11.6 Å². The average molecular weight is 259 g/mol. The number of hydrogen-bond acceptors (Lipinski definition) is 4. The van der Waals surface area contributed by atoms with Crippen molar-refractivity contribution >= 4 is 0 Å². The summed E-state index contributed by atoms with van der Waals surface area (Å²) < 4.78 is 31.1. The van der Waals surface area contributed by atoms with Gasteiger partial charge in [-0.1, -0.05) is 5.16 Å². The van der Waals surface area contributed by atoms with Crippen LogP contribution in [0.25, 0.3) is 22.7 Å². The zero-order valence-corrected chi connectivity index (χ0v) is 9.55. The van der Waals surface area contributed by atoms with E-state index in [1.165, 1.54) is 18.5 Å². The first-order chi connectivity index (χ1) is 9.24. The van der Waals surface area contributed by atoms with Crippen molar-refractivity contribution in [2.24, 2.45) is 0 Å². The Kier molecular flexibility index (Phi) is 2.75. The Morgan fingerprint density at radius 2 is 1.84 bits per heavy atom. The summed E-state index contributed by atoms with van der Waals surface area (Å²) in [5.41, 5.74) is 1.43. The summed E-state index contributed by atoms with van der Waals surface area (Å²) in [6.45, 7) is 0. The van der Waals surface area contributed by atoms with Crippen molar-refractivity contribution in [2.75, 3.05) is 0 Å². The molecule has 2 heterocycles. The maximum absolute atomic E-state index is 13.1. The molecule has 4 nitrogen and oxygen atoms in total. The van der Waals surface area contributed by atoms with Gasteiger partial charge in [-0.05, 0) is 18.2 Å². The lowest BCUT2D eigenvalue weighted by atomic mass is 10.1. The third kappa shape index (κ3) is 2.20. The molecule has 19 heavy (non-hydrogen) atoms. The second-order valence-corrected chi connectivity index (χ2v) is 3.80. The summed E-state index contributed by atoms with van der Waals surface area (Å²) in [6, 6.07) is 5.10. The second kappa shape index (κ2) is 4.56. The summed E-state index contributed by atoms with van der Waals surface area (Å²) in [7, 11) is 0. The molecule has 94 valence electrons. The van der Waals surface area contributed by atoms with Gasteiger partial charge in [0, 0.05) is 24.0 Å². The van der Waals surface area contributed by atoms with Crippen LogP contribution in [0.5, 0.6) is 0 Å². The smallest absolute Gasteiger partial charge is 0.167 e. The van der Waals surface area contributed by atoms with Gasteiger partial charge in [0.1, 0.15) is 11.4 Å². The van der Waals surface area contributed by atoms with Crippen LogP contribution in [0.3, 0.4) is 0 Å². The fourth-order valence-electron chi connectivity index (χ4n) is 1.61. The molecule has 0 N–H and O–H groups in total. The minimum absolute atomic E-state index is 0.333. The predicted octanol–water partition coefficient (Wildman–Crippen LogP) is 3.08. The van der Waals surface area contributed by atoms with E-state index in [9.17, 15) is 8.78 Å². The van der Waals surface area contributed by atoms with E-state index in [2.05, 4.69) is 15.1 Å². The molecule has 0 aliphatic heterocycles. The molecular weight excluding hydrogens is 252 g/mol. The van der Waals surface area contributed by atoms with Crippen LogP contribution >= 0.6 is 0 Å². The zero-order chi connectivity index (χ0) is 13.2. The molecule has 0 fully saturated rings. The van der Waals surface area contributed by atoms with Gasteiger partial charge in [-0.15, -0.1) is 0 Å². The van der Waals surface area contributed by atoms with Crippen LogP contribution < -0.4 is 0 Å². The van der Waals surface area contributed by atoms with Crippen molar-refractivity contribution in [3.05, 3.63) is 54.5 Å². The number of nitrogens with zero attached hydrogens (tertiary/aromatic N) is 3. The summed E-state index contributed by atoms with van der Waals surface area (Å²) >= 11 is 0. The van der Waals surface area contributed by atoms with E-state index in [4.69, 9.17) is 4.52 Å². The molecule has 0 aliphatic rings. The maximum Gasteiger partial charge on any atom is 0.167 e. The highest BCUT2D eigenvalue weighted by Crippen LogP contribution is 2.25. The van der Waals surface area contributed by atoms with Gasteiger partial charge < -0.3 is 4.52 Å². The molecule has 0 bridgehead atoms. The lowest BCUT2D eigenvalue weighted by Gasteiger charge is -1.96. The van der Waals surface area contributed by atoms with Crippen LogP contribution in [0, 0.1) is 11.6 Å². The van der Waals surface area contributed by atoms with Gasteiger partial charge in [-0.2, -0.15) is 0 Å². The molecule has 6 heteroatoms. The third-order valence-corrected chi connectivity index (χ3v) is 2.54. The van der Waals surface area contributed by atoms with E-state index in [1.54, 1.807) is 12.3 Å². The highest BCUT2D eigenvalue weighted by molar-refractivity contribution is 5.64. The Labute approximate surface area is 106 Å². The first-order valence-corrected chi connectivity index (χ1v) is 5.42. The van der Waals surface area contributed by atoms with E-state index >= 15 is 0 Å². The Bertz CT molecular complexity index is 713. The topological polar surface area (TPSA) is 51.8 Å². The first kappa shape index (κ1) is 11.5. The Morgan fingerprint density at radius 1 is 0.947 bits per heavy atom. The highest BCUT2D eigenvalue weighted by atomic mass is 19.2. The zero-order valence-electron chi connectivity index (χ0n) is 9.55. The van der Waals surface area contributed by atoms with E-state index in [0.717, 1.165) is 12.1 Å². The van der Waals surface area contributed by atoms with Crippen LogP contribution in [0.4, 0.5) is 8.78 Å². The quantitative estimate of drug-likeness (QED) is 0.709. The van der Waals surface area contributed by atoms with Crippen molar-refractivity contribution in [1.29, 1.82) is 0 Å². The van der Waals surface area contributed by atoms with Gasteiger partial charge in [-0.25, -0.2) is 8.78 Å². The van der Waals surface area contributed by atoms with Crippen molar-refractivity contribution in [1.82, 2.24) is 15.1 Å². The van der Waals surface area contributed by atoms with Crippen LogP contribution in [-0.4, -0.2) is 15.1 Å².